The summed E-state index contributed by atoms with van der Waals surface area (Å²) in [6.45, 7) is 1.88. The third-order valence-electron chi connectivity index (χ3n) is 3.11. The first-order valence-electron chi connectivity index (χ1n) is 5.99. The van der Waals surface area contributed by atoms with E-state index in [4.69, 9.17) is 0 Å². The molecule has 0 aliphatic carbocycles. The van der Waals surface area contributed by atoms with E-state index >= 15 is 0 Å². The predicted molar refractivity (Wildman–Crippen MR) is 70.6 cm³/mol. The van der Waals surface area contributed by atoms with Gasteiger partial charge in [-0.3, -0.25) is 5.10 Å². The summed E-state index contributed by atoms with van der Waals surface area (Å²) in [6, 6.07) is 4.39. The van der Waals surface area contributed by atoms with Crippen molar-refractivity contribution >= 4 is 11.3 Å². The molecule has 8 heteroatoms. The molecule has 0 bridgehead atoms. The van der Waals surface area contributed by atoms with E-state index in [0.717, 1.165) is 23.8 Å². The molecule has 0 aromatic carbocycles. The first-order chi connectivity index (χ1) is 9.40. The second-order valence-electron chi connectivity index (χ2n) is 4.38. The van der Waals surface area contributed by atoms with E-state index in [1.807, 2.05) is 28.4 Å². The first-order valence-corrected chi connectivity index (χ1v) is 6.87. The lowest BCUT2D eigenvalue weighted by atomic mass is 10.2. The van der Waals surface area contributed by atoms with Crippen LogP contribution in [0.4, 0.5) is 0 Å². The highest BCUT2D eigenvalue weighted by molar-refractivity contribution is 7.13. The SMILES string of the molecule is c1csc(-c2nc(-c3cn(C4CNC4)nn3)n[nH]2)c1. The number of thiophene rings is 1. The molecule has 1 aliphatic heterocycles. The third kappa shape index (κ3) is 1.85. The zero-order valence-electron chi connectivity index (χ0n) is 9.95. The zero-order chi connectivity index (χ0) is 12.7. The van der Waals surface area contributed by atoms with Crippen molar-refractivity contribution in [1.29, 1.82) is 0 Å². The Bertz CT molecular complexity index is 680. The van der Waals surface area contributed by atoms with Crippen LogP contribution in [0.3, 0.4) is 0 Å². The van der Waals surface area contributed by atoms with E-state index in [9.17, 15) is 0 Å². The zero-order valence-corrected chi connectivity index (χ0v) is 10.8. The van der Waals surface area contributed by atoms with Gasteiger partial charge in [0, 0.05) is 13.1 Å². The normalized spacial score (nSPS) is 15.6. The molecule has 1 fully saturated rings. The Labute approximate surface area is 112 Å². The van der Waals surface area contributed by atoms with Gasteiger partial charge >= 0.3 is 0 Å². The Balaban J connectivity index is 1.63. The fourth-order valence-electron chi connectivity index (χ4n) is 1.92. The fourth-order valence-corrected chi connectivity index (χ4v) is 2.58. The van der Waals surface area contributed by atoms with E-state index in [1.54, 1.807) is 11.3 Å². The van der Waals surface area contributed by atoms with Gasteiger partial charge in [0.15, 0.2) is 11.5 Å². The number of aromatic nitrogens is 6. The summed E-state index contributed by atoms with van der Waals surface area (Å²) in [5.74, 6) is 1.35. The summed E-state index contributed by atoms with van der Waals surface area (Å²) < 4.78 is 1.87. The predicted octanol–water partition coefficient (Wildman–Crippen LogP) is 0.936. The van der Waals surface area contributed by atoms with Crippen LogP contribution >= 0.6 is 11.3 Å². The van der Waals surface area contributed by atoms with Gasteiger partial charge in [-0.15, -0.1) is 16.4 Å². The third-order valence-corrected chi connectivity index (χ3v) is 3.99. The molecule has 0 atom stereocenters. The standard InChI is InChI=1S/C11H11N7S/c1-2-9(19-3-1)11-13-10(15-16-11)8-6-18(17-14-8)7-4-12-5-7/h1-3,6-7,12H,4-5H2,(H,13,15,16). The minimum Gasteiger partial charge on any atom is -0.312 e. The molecule has 2 N–H and O–H groups in total. The number of aromatic amines is 1. The number of nitrogens with one attached hydrogen (secondary N) is 2. The first kappa shape index (κ1) is 10.8. The van der Waals surface area contributed by atoms with Crippen LogP contribution in [0.1, 0.15) is 6.04 Å². The molecule has 1 aliphatic rings. The highest BCUT2D eigenvalue weighted by atomic mass is 32.1. The van der Waals surface area contributed by atoms with Gasteiger partial charge < -0.3 is 5.32 Å². The monoisotopic (exact) mass is 273 g/mol. The number of nitrogens with zero attached hydrogens (tertiary/aromatic N) is 5. The van der Waals surface area contributed by atoms with Crippen LogP contribution in [0.5, 0.6) is 0 Å². The minimum atomic E-state index is 0.400. The van der Waals surface area contributed by atoms with Crippen molar-refractivity contribution in [3.05, 3.63) is 23.7 Å². The molecule has 0 amide bonds. The average Bonchev–Trinajstić information content (AvgIpc) is 3.08. The van der Waals surface area contributed by atoms with E-state index in [2.05, 4.69) is 30.8 Å². The van der Waals surface area contributed by atoms with Crippen molar-refractivity contribution in [2.45, 2.75) is 6.04 Å². The molecule has 4 rings (SSSR count). The molecule has 3 aromatic heterocycles. The average molecular weight is 273 g/mol. The molecule has 96 valence electrons. The molecule has 1 saturated heterocycles. The maximum absolute atomic E-state index is 4.45. The smallest absolute Gasteiger partial charge is 0.203 e. The van der Waals surface area contributed by atoms with Crippen molar-refractivity contribution < 1.29 is 0 Å². The molecule has 0 radical (unpaired) electrons. The van der Waals surface area contributed by atoms with Gasteiger partial charge in [-0.1, -0.05) is 11.3 Å². The Morgan fingerprint density at radius 2 is 2.32 bits per heavy atom. The molecule has 0 unspecified atom stereocenters. The highest BCUT2D eigenvalue weighted by Crippen LogP contribution is 2.23. The van der Waals surface area contributed by atoms with Crippen LogP contribution in [0.25, 0.3) is 22.2 Å². The second-order valence-corrected chi connectivity index (χ2v) is 5.33. The summed E-state index contributed by atoms with van der Waals surface area (Å²) in [6.07, 6.45) is 1.90. The van der Waals surface area contributed by atoms with Crippen molar-refractivity contribution in [3.8, 4) is 22.2 Å². The topological polar surface area (TPSA) is 84.3 Å². The van der Waals surface area contributed by atoms with E-state index in [1.165, 1.54) is 0 Å². The quantitative estimate of drug-likeness (QED) is 0.742. The van der Waals surface area contributed by atoms with Gasteiger partial charge in [0.2, 0.25) is 5.82 Å². The van der Waals surface area contributed by atoms with Gasteiger partial charge in [0.05, 0.1) is 17.1 Å². The van der Waals surface area contributed by atoms with Gasteiger partial charge in [0.1, 0.15) is 0 Å². The fraction of sp³-hybridized carbons (Fsp3) is 0.273. The Morgan fingerprint density at radius 1 is 1.37 bits per heavy atom. The molecule has 0 saturated carbocycles. The lowest BCUT2D eigenvalue weighted by molar-refractivity contribution is 0.313. The van der Waals surface area contributed by atoms with Crippen LogP contribution < -0.4 is 5.32 Å². The molecule has 3 aromatic rings. The van der Waals surface area contributed by atoms with Crippen LogP contribution in [-0.4, -0.2) is 43.3 Å². The number of rotatable bonds is 3. The minimum absolute atomic E-state index is 0.400. The summed E-state index contributed by atoms with van der Waals surface area (Å²) in [7, 11) is 0. The van der Waals surface area contributed by atoms with Crippen LogP contribution in [-0.2, 0) is 0 Å². The number of H-pyrrole nitrogens is 1. The molecule has 19 heavy (non-hydrogen) atoms. The molecule has 4 heterocycles. The largest absolute Gasteiger partial charge is 0.312 e. The number of hydrogen-bond acceptors (Lipinski definition) is 6. The number of hydrogen-bond donors (Lipinski definition) is 2. The van der Waals surface area contributed by atoms with Gasteiger partial charge in [0.25, 0.3) is 0 Å². The van der Waals surface area contributed by atoms with Crippen LogP contribution in [0.2, 0.25) is 0 Å². The van der Waals surface area contributed by atoms with Crippen LogP contribution in [0, 0.1) is 0 Å². The molecular formula is C11H11N7S. The Morgan fingerprint density at radius 3 is 3.05 bits per heavy atom. The summed E-state index contributed by atoms with van der Waals surface area (Å²) >= 11 is 1.62. The Hall–Kier alpha value is -2.06. The molecule has 0 spiro atoms. The lowest BCUT2D eigenvalue weighted by Crippen LogP contribution is -2.43. The van der Waals surface area contributed by atoms with Crippen molar-refractivity contribution in [1.82, 2.24) is 35.5 Å². The van der Waals surface area contributed by atoms with Crippen molar-refractivity contribution in [3.63, 3.8) is 0 Å². The molecule has 7 nitrogen and oxygen atoms in total. The second kappa shape index (κ2) is 4.25. The lowest BCUT2D eigenvalue weighted by Gasteiger charge is -2.26. The summed E-state index contributed by atoms with van der Waals surface area (Å²) in [5.41, 5.74) is 0.700. The van der Waals surface area contributed by atoms with Gasteiger partial charge in [-0.25, -0.2) is 9.67 Å². The van der Waals surface area contributed by atoms with E-state index < -0.39 is 0 Å². The summed E-state index contributed by atoms with van der Waals surface area (Å²) in [5, 5.41) is 20.6. The Kier molecular flexibility index (Phi) is 2.42. The van der Waals surface area contributed by atoms with E-state index in [-0.39, 0.29) is 0 Å². The maximum atomic E-state index is 4.45. The van der Waals surface area contributed by atoms with Gasteiger partial charge in [-0.05, 0) is 11.4 Å². The maximum Gasteiger partial charge on any atom is 0.203 e. The highest BCUT2D eigenvalue weighted by Gasteiger charge is 2.21. The van der Waals surface area contributed by atoms with Gasteiger partial charge in [-0.2, -0.15) is 5.10 Å². The van der Waals surface area contributed by atoms with Crippen LogP contribution in [0.15, 0.2) is 23.7 Å². The summed E-state index contributed by atoms with van der Waals surface area (Å²) in [4.78, 5) is 5.52. The van der Waals surface area contributed by atoms with Crippen molar-refractivity contribution in [2.24, 2.45) is 0 Å². The molecular weight excluding hydrogens is 262 g/mol. The van der Waals surface area contributed by atoms with E-state index in [0.29, 0.717) is 17.6 Å². The van der Waals surface area contributed by atoms with Crippen molar-refractivity contribution in [2.75, 3.05) is 13.1 Å².